The third kappa shape index (κ3) is 2.26. The van der Waals surface area contributed by atoms with Crippen LogP contribution >= 0.6 is 0 Å². The van der Waals surface area contributed by atoms with Crippen LogP contribution in [-0.4, -0.2) is 49.9 Å². The van der Waals surface area contributed by atoms with E-state index in [0.717, 1.165) is 6.33 Å². The van der Waals surface area contributed by atoms with E-state index in [0.29, 0.717) is 0 Å². The number of carbonyl (C=O) groups excluding carboxylic acids is 1. The Morgan fingerprint density at radius 2 is 2.36 bits per heavy atom. The average molecular weight is 200 g/mol. The van der Waals surface area contributed by atoms with Crippen molar-refractivity contribution < 1.29 is 19.8 Å². The first-order valence-electron chi connectivity index (χ1n) is 3.65. The van der Waals surface area contributed by atoms with Crippen molar-refractivity contribution in [2.24, 2.45) is 0 Å². The quantitative estimate of drug-likeness (QED) is 0.444. The number of aliphatic hydroxyl groups is 1. The first kappa shape index (κ1) is 10.1. The maximum Gasteiger partial charge on any atom is 0.328 e. The number of carbonyl (C=O) groups is 2. The van der Waals surface area contributed by atoms with Crippen LogP contribution in [0.5, 0.6) is 0 Å². The predicted octanol–water partition coefficient (Wildman–Crippen LogP) is -2.02. The van der Waals surface area contributed by atoms with Crippen molar-refractivity contribution in [3.63, 3.8) is 0 Å². The zero-order chi connectivity index (χ0) is 10.6. The van der Waals surface area contributed by atoms with Gasteiger partial charge < -0.3 is 15.5 Å². The van der Waals surface area contributed by atoms with Crippen LogP contribution < -0.4 is 5.32 Å². The Morgan fingerprint density at radius 1 is 1.64 bits per heavy atom. The molecule has 0 spiro atoms. The number of aliphatic carboxylic acids is 1. The molecule has 76 valence electrons. The van der Waals surface area contributed by atoms with E-state index in [1.165, 1.54) is 0 Å². The van der Waals surface area contributed by atoms with Gasteiger partial charge in [-0.3, -0.25) is 9.89 Å². The molecule has 1 aromatic rings. The number of aromatic nitrogens is 3. The monoisotopic (exact) mass is 200 g/mol. The number of nitrogens with zero attached hydrogens (tertiary/aromatic N) is 2. The van der Waals surface area contributed by atoms with Gasteiger partial charge in [0.2, 0.25) is 5.82 Å². The molecule has 8 nitrogen and oxygen atoms in total. The summed E-state index contributed by atoms with van der Waals surface area (Å²) in [5.41, 5.74) is 0. The molecule has 0 saturated heterocycles. The molecule has 1 atom stereocenters. The van der Waals surface area contributed by atoms with E-state index in [1.807, 2.05) is 5.32 Å². The van der Waals surface area contributed by atoms with Crippen molar-refractivity contribution in [3.8, 4) is 0 Å². The number of carboxylic acids is 1. The number of hydrogen-bond acceptors (Lipinski definition) is 5. The standard InChI is InChI=1S/C6H8N4O4/c11-1-3(6(13)14)9-5(12)4-7-2-8-10-4/h2-3,11H,1H2,(H,9,12)(H,13,14)(H,7,8,10). The number of amides is 1. The molecule has 0 fully saturated rings. The van der Waals surface area contributed by atoms with Gasteiger partial charge in [-0.25, -0.2) is 9.78 Å². The van der Waals surface area contributed by atoms with E-state index in [-0.39, 0.29) is 5.82 Å². The summed E-state index contributed by atoms with van der Waals surface area (Å²) in [6, 6.07) is -1.34. The molecule has 8 heteroatoms. The Morgan fingerprint density at radius 3 is 2.79 bits per heavy atom. The molecule has 0 radical (unpaired) electrons. The molecule has 0 aliphatic heterocycles. The van der Waals surface area contributed by atoms with Crippen LogP contribution in [0.4, 0.5) is 0 Å². The summed E-state index contributed by atoms with van der Waals surface area (Å²) in [4.78, 5) is 25.1. The number of rotatable bonds is 4. The number of aromatic amines is 1. The van der Waals surface area contributed by atoms with Gasteiger partial charge in [0.1, 0.15) is 6.33 Å². The molecule has 1 heterocycles. The molecule has 14 heavy (non-hydrogen) atoms. The number of H-pyrrole nitrogens is 1. The fourth-order valence-corrected chi connectivity index (χ4v) is 0.727. The minimum Gasteiger partial charge on any atom is -0.480 e. The van der Waals surface area contributed by atoms with E-state index in [2.05, 4.69) is 15.2 Å². The summed E-state index contributed by atoms with van der Waals surface area (Å²) in [6.45, 7) is -0.685. The Labute approximate surface area is 78.0 Å². The molecule has 0 saturated carbocycles. The zero-order valence-electron chi connectivity index (χ0n) is 6.97. The van der Waals surface area contributed by atoms with Crippen LogP contribution in [0.3, 0.4) is 0 Å². The normalized spacial score (nSPS) is 12.1. The van der Waals surface area contributed by atoms with Gasteiger partial charge in [0, 0.05) is 0 Å². The van der Waals surface area contributed by atoms with Crippen LogP contribution in [0.15, 0.2) is 6.33 Å². The molecule has 0 aliphatic rings. The molecular weight excluding hydrogens is 192 g/mol. The molecule has 0 aliphatic carbocycles. The Bertz CT molecular complexity index is 323. The van der Waals surface area contributed by atoms with Crippen LogP contribution in [0.1, 0.15) is 10.6 Å². The van der Waals surface area contributed by atoms with Crippen molar-refractivity contribution in [1.82, 2.24) is 20.5 Å². The van der Waals surface area contributed by atoms with Gasteiger partial charge in [0.25, 0.3) is 5.91 Å². The highest BCUT2D eigenvalue weighted by Crippen LogP contribution is 1.89. The van der Waals surface area contributed by atoms with Crippen molar-refractivity contribution in [1.29, 1.82) is 0 Å². The van der Waals surface area contributed by atoms with Crippen molar-refractivity contribution >= 4 is 11.9 Å². The Balaban J connectivity index is 2.60. The van der Waals surface area contributed by atoms with Crippen molar-refractivity contribution in [2.45, 2.75) is 6.04 Å². The fraction of sp³-hybridized carbons (Fsp3) is 0.333. The number of nitrogens with one attached hydrogen (secondary N) is 2. The molecular formula is C6H8N4O4. The summed E-state index contributed by atoms with van der Waals surface area (Å²) in [5.74, 6) is -2.16. The highest BCUT2D eigenvalue weighted by Gasteiger charge is 2.20. The topological polar surface area (TPSA) is 128 Å². The maximum absolute atomic E-state index is 11.2. The van der Waals surface area contributed by atoms with Crippen molar-refractivity contribution in [3.05, 3.63) is 12.2 Å². The molecule has 0 bridgehead atoms. The SMILES string of the molecule is O=C(NC(CO)C(=O)O)c1ncn[nH]1. The van der Waals surface area contributed by atoms with Crippen LogP contribution in [-0.2, 0) is 4.79 Å². The van der Waals surface area contributed by atoms with E-state index >= 15 is 0 Å². The third-order valence-electron chi connectivity index (χ3n) is 1.42. The zero-order valence-corrected chi connectivity index (χ0v) is 6.97. The van der Waals surface area contributed by atoms with E-state index < -0.39 is 24.5 Å². The van der Waals surface area contributed by atoms with Crippen LogP contribution in [0.25, 0.3) is 0 Å². The second-order valence-electron chi connectivity index (χ2n) is 2.38. The summed E-state index contributed by atoms with van der Waals surface area (Å²) in [7, 11) is 0. The molecule has 0 aromatic carbocycles. The first-order valence-corrected chi connectivity index (χ1v) is 3.65. The lowest BCUT2D eigenvalue weighted by molar-refractivity contribution is -0.140. The minimum atomic E-state index is -1.34. The summed E-state index contributed by atoms with van der Waals surface area (Å²) in [6.07, 6.45) is 1.11. The average Bonchev–Trinajstić information content (AvgIpc) is 2.65. The largest absolute Gasteiger partial charge is 0.480 e. The molecule has 1 unspecified atom stereocenters. The first-order chi connectivity index (χ1) is 6.65. The fourth-order valence-electron chi connectivity index (χ4n) is 0.727. The van der Waals surface area contributed by atoms with Gasteiger partial charge >= 0.3 is 5.97 Å². The Hall–Kier alpha value is -1.96. The summed E-state index contributed by atoms with van der Waals surface area (Å²) < 4.78 is 0. The minimum absolute atomic E-state index is 0.107. The molecule has 1 aromatic heterocycles. The van der Waals surface area contributed by atoms with E-state index in [4.69, 9.17) is 10.2 Å². The number of carboxylic acid groups (broad SMARTS) is 1. The Kier molecular flexibility index (Phi) is 3.13. The molecule has 1 amide bonds. The molecule has 4 N–H and O–H groups in total. The van der Waals surface area contributed by atoms with E-state index in [1.54, 1.807) is 0 Å². The summed E-state index contributed by atoms with van der Waals surface area (Å²) in [5, 5.41) is 24.8. The van der Waals surface area contributed by atoms with Gasteiger partial charge in [-0.2, -0.15) is 5.10 Å². The van der Waals surface area contributed by atoms with Crippen LogP contribution in [0.2, 0.25) is 0 Å². The van der Waals surface area contributed by atoms with Gasteiger partial charge in [-0.1, -0.05) is 0 Å². The number of hydrogen-bond donors (Lipinski definition) is 4. The van der Waals surface area contributed by atoms with E-state index in [9.17, 15) is 9.59 Å². The van der Waals surface area contributed by atoms with Gasteiger partial charge in [0.15, 0.2) is 6.04 Å². The second kappa shape index (κ2) is 4.33. The van der Waals surface area contributed by atoms with Gasteiger partial charge in [0.05, 0.1) is 6.61 Å². The summed E-state index contributed by atoms with van der Waals surface area (Å²) >= 11 is 0. The van der Waals surface area contributed by atoms with Gasteiger partial charge in [-0.15, -0.1) is 0 Å². The van der Waals surface area contributed by atoms with Gasteiger partial charge in [-0.05, 0) is 0 Å². The number of aliphatic hydroxyl groups excluding tert-OH is 1. The lowest BCUT2D eigenvalue weighted by Gasteiger charge is -2.09. The molecule has 1 rings (SSSR count). The third-order valence-corrected chi connectivity index (χ3v) is 1.42. The van der Waals surface area contributed by atoms with Crippen molar-refractivity contribution in [2.75, 3.05) is 6.61 Å². The second-order valence-corrected chi connectivity index (χ2v) is 2.38. The highest BCUT2D eigenvalue weighted by molar-refractivity contribution is 5.93. The predicted molar refractivity (Wildman–Crippen MR) is 42.4 cm³/mol. The van der Waals surface area contributed by atoms with Crippen LogP contribution in [0, 0.1) is 0 Å². The maximum atomic E-state index is 11.2. The lowest BCUT2D eigenvalue weighted by atomic mass is 10.3. The lowest BCUT2D eigenvalue weighted by Crippen LogP contribution is -2.43. The highest BCUT2D eigenvalue weighted by atomic mass is 16.4. The smallest absolute Gasteiger partial charge is 0.328 e.